The van der Waals surface area contributed by atoms with Crippen molar-refractivity contribution < 1.29 is 13.2 Å². The van der Waals surface area contributed by atoms with Crippen LogP contribution in [0.15, 0.2) is 59.5 Å². The van der Waals surface area contributed by atoms with Crippen LogP contribution in [-0.4, -0.2) is 67.7 Å². The standard InChI is InChI=1S/C25H33N3O3S/c29-25(27-15-9-14-26(18-19-27)21-22-10-4-3-5-11-22)23-12-8-13-24(20-23)32(30,31)28-16-6-1-2-7-17-28/h3-5,8,10-13,20H,1-2,6-7,9,14-19,21H2. The zero-order chi connectivity index (χ0) is 22.4. The summed E-state index contributed by atoms with van der Waals surface area (Å²) in [5, 5.41) is 0. The van der Waals surface area contributed by atoms with Gasteiger partial charge in [-0.15, -0.1) is 0 Å². The molecule has 2 aliphatic rings. The Morgan fingerprint density at radius 1 is 0.750 bits per heavy atom. The lowest BCUT2D eigenvalue weighted by molar-refractivity contribution is 0.0761. The van der Waals surface area contributed by atoms with Gasteiger partial charge in [-0.3, -0.25) is 9.69 Å². The van der Waals surface area contributed by atoms with Gasteiger partial charge in [0.25, 0.3) is 5.91 Å². The van der Waals surface area contributed by atoms with Crippen LogP contribution in [0.2, 0.25) is 0 Å². The molecular formula is C25H33N3O3S. The number of hydrogen-bond donors (Lipinski definition) is 0. The van der Waals surface area contributed by atoms with Crippen molar-refractivity contribution in [3.63, 3.8) is 0 Å². The van der Waals surface area contributed by atoms with Crippen molar-refractivity contribution in [2.45, 2.75) is 43.5 Å². The van der Waals surface area contributed by atoms with Crippen LogP contribution in [0.25, 0.3) is 0 Å². The van der Waals surface area contributed by atoms with Crippen molar-refractivity contribution in [1.82, 2.24) is 14.1 Å². The van der Waals surface area contributed by atoms with E-state index in [0.29, 0.717) is 31.7 Å². The third kappa shape index (κ3) is 5.57. The first-order valence-electron chi connectivity index (χ1n) is 11.7. The highest BCUT2D eigenvalue weighted by Gasteiger charge is 2.27. The molecule has 4 rings (SSSR count). The van der Waals surface area contributed by atoms with Crippen LogP contribution >= 0.6 is 0 Å². The molecule has 0 unspecified atom stereocenters. The first-order valence-corrected chi connectivity index (χ1v) is 13.1. The van der Waals surface area contributed by atoms with Gasteiger partial charge in [0.2, 0.25) is 10.0 Å². The van der Waals surface area contributed by atoms with Gasteiger partial charge in [0.05, 0.1) is 4.90 Å². The Morgan fingerprint density at radius 2 is 1.50 bits per heavy atom. The number of benzene rings is 2. The molecule has 2 aromatic rings. The summed E-state index contributed by atoms with van der Waals surface area (Å²) in [4.78, 5) is 17.7. The van der Waals surface area contributed by atoms with Crippen LogP contribution in [-0.2, 0) is 16.6 Å². The third-order valence-corrected chi connectivity index (χ3v) is 8.30. The molecule has 2 heterocycles. The van der Waals surface area contributed by atoms with E-state index in [2.05, 4.69) is 29.2 Å². The van der Waals surface area contributed by atoms with E-state index >= 15 is 0 Å². The molecule has 0 aliphatic carbocycles. The van der Waals surface area contributed by atoms with E-state index in [0.717, 1.165) is 51.7 Å². The molecule has 2 aromatic carbocycles. The van der Waals surface area contributed by atoms with Crippen LogP contribution < -0.4 is 0 Å². The minimum Gasteiger partial charge on any atom is -0.337 e. The number of carbonyl (C=O) groups excluding carboxylic acids is 1. The smallest absolute Gasteiger partial charge is 0.253 e. The summed E-state index contributed by atoms with van der Waals surface area (Å²) < 4.78 is 27.9. The SMILES string of the molecule is O=C(c1cccc(S(=O)(=O)N2CCCCCC2)c1)N1CCCN(Cc2ccccc2)CC1. The van der Waals surface area contributed by atoms with E-state index in [1.165, 1.54) is 5.56 Å². The highest BCUT2D eigenvalue weighted by atomic mass is 32.2. The third-order valence-electron chi connectivity index (χ3n) is 6.41. The summed E-state index contributed by atoms with van der Waals surface area (Å²) in [6.07, 6.45) is 4.84. The number of rotatable bonds is 5. The zero-order valence-corrected chi connectivity index (χ0v) is 19.5. The van der Waals surface area contributed by atoms with Gasteiger partial charge in [-0.2, -0.15) is 4.31 Å². The van der Waals surface area contributed by atoms with Crippen LogP contribution in [0, 0.1) is 0 Å². The Balaban J connectivity index is 1.43. The van der Waals surface area contributed by atoms with Gasteiger partial charge in [-0.25, -0.2) is 8.42 Å². The van der Waals surface area contributed by atoms with Gasteiger partial charge >= 0.3 is 0 Å². The molecule has 0 radical (unpaired) electrons. The van der Waals surface area contributed by atoms with Crippen molar-refractivity contribution in [2.24, 2.45) is 0 Å². The maximum atomic E-state index is 13.2. The second-order valence-corrected chi connectivity index (χ2v) is 10.7. The quantitative estimate of drug-likeness (QED) is 0.691. The van der Waals surface area contributed by atoms with Gasteiger partial charge in [-0.1, -0.05) is 49.2 Å². The van der Waals surface area contributed by atoms with Crippen molar-refractivity contribution in [1.29, 1.82) is 0 Å². The topological polar surface area (TPSA) is 60.9 Å². The Hall–Kier alpha value is -2.22. The minimum absolute atomic E-state index is 0.0838. The molecular weight excluding hydrogens is 422 g/mol. The van der Waals surface area contributed by atoms with Crippen LogP contribution in [0.3, 0.4) is 0 Å². The average molecular weight is 456 g/mol. The first-order chi connectivity index (χ1) is 15.5. The van der Waals surface area contributed by atoms with E-state index in [9.17, 15) is 13.2 Å². The number of amides is 1. The lowest BCUT2D eigenvalue weighted by atomic mass is 10.2. The highest BCUT2D eigenvalue weighted by Crippen LogP contribution is 2.22. The molecule has 0 aromatic heterocycles. The number of hydrogen-bond acceptors (Lipinski definition) is 4. The van der Waals surface area contributed by atoms with Gasteiger partial charge in [0, 0.05) is 51.4 Å². The molecule has 32 heavy (non-hydrogen) atoms. The average Bonchev–Trinajstić information content (AvgIpc) is 3.23. The molecule has 0 atom stereocenters. The van der Waals surface area contributed by atoms with Crippen molar-refractivity contribution in [3.05, 3.63) is 65.7 Å². The van der Waals surface area contributed by atoms with Crippen molar-refractivity contribution >= 4 is 15.9 Å². The van der Waals surface area contributed by atoms with E-state index < -0.39 is 10.0 Å². The van der Waals surface area contributed by atoms with Crippen molar-refractivity contribution in [2.75, 3.05) is 39.3 Å². The monoisotopic (exact) mass is 455 g/mol. The van der Waals surface area contributed by atoms with Crippen LogP contribution in [0.1, 0.15) is 48.0 Å². The maximum absolute atomic E-state index is 13.2. The molecule has 0 bridgehead atoms. The number of carbonyl (C=O) groups is 1. The zero-order valence-electron chi connectivity index (χ0n) is 18.7. The number of nitrogens with zero attached hydrogens (tertiary/aromatic N) is 3. The molecule has 0 spiro atoms. The Morgan fingerprint density at radius 3 is 2.25 bits per heavy atom. The largest absolute Gasteiger partial charge is 0.337 e. The second kappa shape index (κ2) is 10.6. The first kappa shape index (κ1) is 23.0. The normalized spacial score (nSPS) is 19.3. The summed E-state index contributed by atoms with van der Waals surface area (Å²) in [6.45, 7) is 5.09. The summed E-state index contributed by atoms with van der Waals surface area (Å²) in [5.74, 6) is -0.0838. The summed E-state index contributed by atoms with van der Waals surface area (Å²) in [6, 6.07) is 17.0. The van der Waals surface area contributed by atoms with Gasteiger partial charge in [0.15, 0.2) is 0 Å². The fourth-order valence-electron chi connectivity index (χ4n) is 4.58. The van der Waals surface area contributed by atoms with Gasteiger partial charge < -0.3 is 4.90 Å². The van der Waals surface area contributed by atoms with E-state index in [4.69, 9.17) is 0 Å². The molecule has 2 aliphatic heterocycles. The minimum atomic E-state index is -3.57. The number of sulfonamides is 1. The molecule has 0 N–H and O–H groups in total. The van der Waals surface area contributed by atoms with E-state index in [-0.39, 0.29) is 10.8 Å². The van der Waals surface area contributed by atoms with Crippen LogP contribution in [0.5, 0.6) is 0 Å². The molecule has 7 heteroatoms. The molecule has 172 valence electrons. The summed E-state index contributed by atoms with van der Waals surface area (Å²) in [5.41, 5.74) is 1.73. The fraction of sp³-hybridized carbons (Fsp3) is 0.480. The van der Waals surface area contributed by atoms with Crippen LogP contribution in [0.4, 0.5) is 0 Å². The summed E-state index contributed by atoms with van der Waals surface area (Å²) in [7, 11) is -3.57. The lowest BCUT2D eigenvalue weighted by Gasteiger charge is -2.23. The second-order valence-electron chi connectivity index (χ2n) is 8.75. The molecule has 6 nitrogen and oxygen atoms in total. The Labute approximate surface area is 191 Å². The van der Waals surface area contributed by atoms with Gasteiger partial charge in [-0.05, 0) is 43.0 Å². The Bertz CT molecular complexity index is 1000. The fourth-order valence-corrected chi connectivity index (χ4v) is 6.14. The van der Waals surface area contributed by atoms with Gasteiger partial charge in [0.1, 0.15) is 0 Å². The lowest BCUT2D eigenvalue weighted by Crippen LogP contribution is -2.35. The van der Waals surface area contributed by atoms with Crippen molar-refractivity contribution in [3.8, 4) is 0 Å². The maximum Gasteiger partial charge on any atom is 0.253 e. The molecule has 1 amide bonds. The van der Waals surface area contributed by atoms with E-state index in [1.54, 1.807) is 28.6 Å². The predicted molar refractivity (Wildman–Crippen MR) is 126 cm³/mol. The summed E-state index contributed by atoms with van der Waals surface area (Å²) >= 11 is 0. The highest BCUT2D eigenvalue weighted by molar-refractivity contribution is 7.89. The molecule has 0 saturated carbocycles. The molecule has 2 saturated heterocycles. The predicted octanol–water partition coefficient (Wildman–Crippen LogP) is 3.60. The van der Waals surface area contributed by atoms with E-state index in [1.807, 2.05) is 11.0 Å². The molecule has 2 fully saturated rings. The Kier molecular flexibility index (Phi) is 7.60.